The molecule has 0 saturated carbocycles. The zero-order chi connectivity index (χ0) is 15.2. The summed E-state index contributed by atoms with van der Waals surface area (Å²) in [6, 6.07) is 5.89. The lowest BCUT2D eigenvalue weighted by atomic mass is 10.2. The molecule has 0 aliphatic carbocycles. The number of aromatic nitrogens is 2. The first kappa shape index (κ1) is 15.7. The van der Waals surface area contributed by atoms with Gasteiger partial charge in [0.05, 0.1) is 25.8 Å². The van der Waals surface area contributed by atoms with Crippen LogP contribution in [0.2, 0.25) is 0 Å². The number of nitrogens with zero attached hydrogens (tertiary/aromatic N) is 2. The maximum absolute atomic E-state index is 5.42. The van der Waals surface area contributed by atoms with Crippen molar-refractivity contribution in [2.45, 2.75) is 26.3 Å². The number of nitrogens with one attached hydrogen (secondary N) is 1. The molecule has 0 aliphatic heterocycles. The molecule has 1 unspecified atom stereocenters. The van der Waals surface area contributed by atoms with E-state index >= 15 is 0 Å². The number of benzene rings is 1. The lowest BCUT2D eigenvalue weighted by molar-refractivity contribution is 0.397. The molecule has 0 spiro atoms. The molecule has 1 aromatic heterocycles. The Morgan fingerprint density at radius 1 is 1.19 bits per heavy atom. The van der Waals surface area contributed by atoms with Gasteiger partial charge in [0.2, 0.25) is 0 Å². The number of methoxy groups -OCH3 is 2. The van der Waals surface area contributed by atoms with E-state index in [1.54, 1.807) is 25.6 Å². The largest absolute Gasteiger partial charge is 0.496 e. The Morgan fingerprint density at radius 2 is 1.86 bits per heavy atom. The van der Waals surface area contributed by atoms with Crippen LogP contribution in [0.4, 0.5) is 0 Å². The predicted molar refractivity (Wildman–Crippen MR) is 85.2 cm³/mol. The van der Waals surface area contributed by atoms with Crippen LogP contribution >= 0.6 is 11.3 Å². The molecule has 5 nitrogen and oxygen atoms in total. The van der Waals surface area contributed by atoms with Gasteiger partial charge in [-0.25, -0.2) is 0 Å². The third kappa shape index (κ3) is 3.51. The Hall–Kier alpha value is -1.66. The third-order valence-corrected chi connectivity index (χ3v) is 4.28. The highest BCUT2D eigenvalue weighted by atomic mass is 32.1. The van der Waals surface area contributed by atoms with E-state index in [1.165, 1.54) is 0 Å². The summed E-state index contributed by atoms with van der Waals surface area (Å²) in [4.78, 5) is 0. The summed E-state index contributed by atoms with van der Waals surface area (Å²) < 4.78 is 10.8. The second kappa shape index (κ2) is 7.38. The molecule has 1 N–H and O–H groups in total. The van der Waals surface area contributed by atoms with Gasteiger partial charge in [-0.2, -0.15) is 0 Å². The fourth-order valence-corrected chi connectivity index (χ4v) is 2.95. The Bertz CT molecular complexity index is 564. The molecular formula is C15H21N3O2S. The summed E-state index contributed by atoms with van der Waals surface area (Å²) in [6.07, 6.45) is 1.09. The third-order valence-electron chi connectivity index (χ3n) is 3.15. The first-order valence-electron chi connectivity index (χ1n) is 6.99. The SMILES string of the molecule is CCCNC(C)c1nnc(-c2c(OC)cccc2OC)s1. The Balaban J connectivity index is 2.33. The molecule has 0 radical (unpaired) electrons. The van der Waals surface area contributed by atoms with E-state index in [-0.39, 0.29) is 6.04 Å². The normalized spacial score (nSPS) is 12.2. The fraction of sp³-hybridized carbons (Fsp3) is 0.467. The van der Waals surface area contributed by atoms with Gasteiger partial charge in [-0.3, -0.25) is 0 Å². The molecule has 0 bridgehead atoms. The number of ether oxygens (including phenoxy) is 2. The molecule has 114 valence electrons. The van der Waals surface area contributed by atoms with Crippen LogP contribution in [0.5, 0.6) is 11.5 Å². The van der Waals surface area contributed by atoms with E-state index in [1.807, 2.05) is 18.2 Å². The second-order valence-corrected chi connectivity index (χ2v) is 5.67. The lowest BCUT2D eigenvalue weighted by Gasteiger charge is -2.10. The summed E-state index contributed by atoms with van der Waals surface area (Å²) in [7, 11) is 3.29. The Morgan fingerprint density at radius 3 is 2.43 bits per heavy atom. The van der Waals surface area contributed by atoms with Gasteiger partial charge in [0.15, 0.2) is 5.01 Å². The maximum Gasteiger partial charge on any atom is 0.155 e. The average Bonchev–Trinajstić information content (AvgIpc) is 3.01. The van der Waals surface area contributed by atoms with Gasteiger partial charge in [-0.05, 0) is 32.0 Å². The van der Waals surface area contributed by atoms with Crippen molar-refractivity contribution in [3.05, 3.63) is 23.2 Å². The van der Waals surface area contributed by atoms with Crippen molar-refractivity contribution in [1.82, 2.24) is 15.5 Å². The molecule has 1 atom stereocenters. The molecule has 1 heterocycles. The first-order chi connectivity index (χ1) is 10.2. The van der Waals surface area contributed by atoms with E-state index in [9.17, 15) is 0 Å². The second-order valence-electron chi connectivity index (χ2n) is 4.66. The van der Waals surface area contributed by atoms with Crippen molar-refractivity contribution in [3.8, 4) is 22.1 Å². The molecule has 2 aromatic rings. The van der Waals surface area contributed by atoms with Gasteiger partial charge < -0.3 is 14.8 Å². The topological polar surface area (TPSA) is 56.3 Å². The van der Waals surface area contributed by atoms with Crippen LogP contribution in [0.1, 0.15) is 31.3 Å². The molecule has 21 heavy (non-hydrogen) atoms. The standard InChI is InChI=1S/C15H21N3O2S/c1-5-9-16-10(2)14-17-18-15(21-14)13-11(19-3)7-6-8-12(13)20-4/h6-8,10,16H,5,9H2,1-4H3. The van der Waals surface area contributed by atoms with Gasteiger partial charge in [-0.1, -0.05) is 24.3 Å². The summed E-state index contributed by atoms with van der Waals surface area (Å²) in [5.74, 6) is 1.48. The van der Waals surface area contributed by atoms with Crippen molar-refractivity contribution >= 4 is 11.3 Å². The maximum atomic E-state index is 5.42. The zero-order valence-electron chi connectivity index (χ0n) is 12.8. The average molecular weight is 307 g/mol. The number of rotatable bonds is 7. The van der Waals surface area contributed by atoms with Crippen LogP contribution in [0.3, 0.4) is 0 Å². The Kier molecular flexibility index (Phi) is 5.52. The fourth-order valence-electron chi connectivity index (χ4n) is 2.02. The summed E-state index contributed by atoms with van der Waals surface area (Å²) in [6.45, 7) is 5.21. The molecule has 0 amide bonds. The molecule has 1 aromatic carbocycles. The van der Waals surface area contributed by atoms with Gasteiger partial charge in [0, 0.05) is 0 Å². The van der Waals surface area contributed by atoms with Gasteiger partial charge >= 0.3 is 0 Å². The van der Waals surface area contributed by atoms with Crippen molar-refractivity contribution < 1.29 is 9.47 Å². The number of hydrogen-bond donors (Lipinski definition) is 1. The lowest BCUT2D eigenvalue weighted by Crippen LogP contribution is -2.18. The quantitative estimate of drug-likeness (QED) is 0.850. The molecular weight excluding hydrogens is 286 g/mol. The van der Waals surface area contributed by atoms with Gasteiger partial charge in [-0.15, -0.1) is 10.2 Å². The van der Waals surface area contributed by atoms with E-state index < -0.39 is 0 Å². The monoisotopic (exact) mass is 307 g/mol. The smallest absolute Gasteiger partial charge is 0.155 e. The molecule has 0 fully saturated rings. The first-order valence-corrected chi connectivity index (χ1v) is 7.81. The number of hydrogen-bond acceptors (Lipinski definition) is 6. The highest BCUT2D eigenvalue weighted by Gasteiger charge is 2.18. The van der Waals surface area contributed by atoms with Crippen LogP contribution in [0.25, 0.3) is 10.6 Å². The highest BCUT2D eigenvalue weighted by molar-refractivity contribution is 7.14. The van der Waals surface area contributed by atoms with E-state index in [2.05, 4.69) is 29.4 Å². The summed E-state index contributed by atoms with van der Waals surface area (Å²) in [5, 5.41) is 13.8. The molecule has 2 rings (SSSR count). The van der Waals surface area contributed by atoms with Crippen LogP contribution in [-0.2, 0) is 0 Å². The molecule has 0 saturated heterocycles. The minimum Gasteiger partial charge on any atom is -0.496 e. The van der Waals surface area contributed by atoms with Crippen molar-refractivity contribution in [2.24, 2.45) is 0 Å². The van der Waals surface area contributed by atoms with Crippen molar-refractivity contribution in [3.63, 3.8) is 0 Å². The molecule has 0 aliphatic rings. The van der Waals surface area contributed by atoms with Crippen LogP contribution in [0, 0.1) is 0 Å². The highest BCUT2D eigenvalue weighted by Crippen LogP contribution is 2.40. The van der Waals surface area contributed by atoms with Crippen LogP contribution in [-0.4, -0.2) is 31.0 Å². The van der Waals surface area contributed by atoms with Crippen molar-refractivity contribution in [1.29, 1.82) is 0 Å². The Labute approximate surface area is 129 Å². The van der Waals surface area contributed by atoms with E-state index in [0.29, 0.717) is 0 Å². The van der Waals surface area contributed by atoms with Crippen LogP contribution < -0.4 is 14.8 Å². The zero-order valence-corrected chi connectivity index (χ0v) is 13.7. The van der Waals surface area contributed by atoms with E-state index in [4.69, 9.17) is 9.47 Å². The molecule has 6 heteroatoms. The predicted octanol–water partition coefficient (Wildman–Crippen LogP) is 3.28. The van der Waals surface area contributed by atoms with Crippen molar-refractivity contribution in [2.75, 3.05) is 20.8 Å². The van der Waals surface area contributed by atoms with Gasteiger partial charge in [0.25, 0.3) is 0 Å². The summed E-state index contributed by atoms with van der Waals surface area (Å²) in [5.41, 5.74) is 0.856. The minimum absolute atomic E-state index is 0.192. The van der Waals surface area contributed by atoms with Gasteiger partial charge in [0.1, 0.15) is 16.5 Å². The minimum atomic E-state index is 0.192. The van der Waals surface area contributed by atoms with Crippen LogP contribution in [0.15, 0.2) is 18.2 Å². The summed E-state index contributed by atoms with van der Waals surface area (Å²) >= 11 is 1.56. The van der Waals surface area contributed by atoms with E-state index in [0.717, 1.165) is 40.0 Å².